The molecule has 28 nitrogen and oxygen atoms in total. The second-order valence-corrected chi connectivity index (χ2v) is 15.4. The van der Waals surface area contributed by atoms with Crippen LogP contribution in [0.2, 0.25) is 0 Å². The van der Waals surface area contributed by atoms with Crippen LogP contribution in [0.1, 0.15) is 13.8 Å². The Morgan fingerprint density at radius 1 is 0.387 bits per heavy atom. The van der Waals surface area contributed by atoms with Crippen LogP contribution < -0.4 is 10.6 Å². The SMILES string of the molecule is CC(=O)N[C@H]1[C@H](O[C@H]2[C@@H](O)[C@@H](CO)O[C@@H](O[C@H]3[C@H](O)[C@@H](CO)O[C@@H](O[C@@H]4[C@@H](O)[C@H](O)O[C@H](CO)[C@@H]4O)[C@@H]3NC(C)=O)[C@@H]2O)O[C@H](CO)[C@@H](O)[C@@H]1O[C@@H]1O[C@H](CO)[C@H](O)[C@H](O)[C@H]1O. The minimum Gasteiger partial charge on any atom is -0.394 e. The highest BCUT2D eigenvalue weighted by atomic mass is 16.8. The van der Waals surface area contributed by atoms with Crippen LogP contribution in [-0.2, 0) is 52.2 Å². The van der Waals surface area contributed by atoms with Crippen molar-refractivity contribution in [1.29, 1.82) is 0 Å². The van der Waals surface area contributed by atoms with Gasteiger partial charge in [-0.2, -0.15) is 0 Å². The Morgan fingerprint density at radius 2 is 0.694 bits per heavy atom. The normalized spacial score (nSPS) is 49.0. The predicted molar refractivity (Wildman–Crippen MR) is 190 cm³/mol. The van der Waals surface area contributed by atoms with Crippen molar-refractivity contribution in [2.45, 2.75) is 167 Å². The number of amides is 2. The number of nitrogens with one attached hydrogen (secondary N) is 2. The van der Waals surface area contributed by atoms with Crippen LogP contribution >= 0.6 is 0 Å². The van der Waals surface area contributed by atoms with E-state index < -0.39 is 198 Å². The van der Waals surface area contributed by atoms with Crippen LogP contribution in [0.25, 0.3) is 0 Å². The Morgan fingerprint density at radius 3 is 1.08 bits per heavy atom. The van der Waals surface area contributed by atoms with Crippen LogP contribution in [-0.4, -0.2) is 275 Å². The number of aliphatic hydroxyl groups excluding tert-OH is 15. The van der Waals surface area contributed by atoms with Crippen LogP contribution in [0, 0.1) is 0 Å². The Balaban J connectivity index is 1.44. The number of hydrogen-bond acceptors (Lipinski definition) is 26. The third-order valence-corrected chi connectivity index (χ3v) is 11.1. The summed E-state index contributed by atoms with van der Waals surface area (Å²) in [6, 6.07) is -3.39. The minimum atomic E-state index is -2.20. The molecule has 5 aliphatic rings. The van der Waals surface area contributed by atoms with Gasteiger partial charge in [-0.25, -0.2) is 0 Å². The van der Waals surface area contributed by atoms with E-state index in [-0.39, 0.29) is 0 Å². The summed E-state index contributed by atoms with van der Waals surface area (Å²) in [4.78, 5) is 25.0. The fourth-order valence-electron chi connectivity index (χ4n) is 7.82. The topological polar surface area (TPSA) is 445 Å². The maximum atomic E-state index is 12.5. The summed E-state index contributed by atoms with van der Waals surface area (Å²) in [5.41, 5.74) is 0. The summed E-state index contributed by atoms with van der Waals surface area (Å²) in [5.74, 6) is -1.63. The molecular formula is C34H58N2O26. The second kappa shape index (κ2) is 22.0. The van der Waals surface area contributed by atoms with Gasteiger partial charge in [0.1, 0.15) is 122 Å². The Bertz CT molecular complexity index is 1440. The lowest BCUT2D eigenvalue weighted by Crippen LogP contribution is -2.71. The quantitative estimate of drug-likeness (QED) is 0.0725. The first-order valence-electron chi connectivity index (χ1n) is 19.6. The smallest absolute Gasteiger partial charge is 0.217 e. The highest BCUT2D eigenvalue weighted by Crippen LogP contribution is 2.36. The van der Waals surface area contributed by atoms with E-state index in [9.17, 15) is 86.2 Å². The molecule has 0 saturated carbocycles. The van der Waals surface area contributed by atoms with Crippen LogP contribution in [0.15, 0.2) is 0 Å². The summed E-state index contributed by atoms with van der Waals surface area (Å²) in [5, 5.41) is 163. The first kappa shape index (κ1) is 51.0. The first-order valence-corrected chi connectivity index (χ1v) is 19.6. The lowest BCUT2D eigenvalue weighted by molar-refractivity contribution is -0.380. The average molecular weight is 911 g/mol. The molecule has 0 aromatic carbocycles. The molecule has 5 rings (SSSR count). The van der Waals surface area contributed by atoms with Crippen molar-refractivity contribution in [3.63, 3.8) is 0 Å². The fourth-order valence-corrected chi connectivity index (χ4v) is 7.82. The van der Waals surface area contributed by atoms with E-state index >= 15 is 0 Å². The highest BCUT2D eigenvalue weighted by molar-refractivity contribution is 5.73. The number of rotatable bonds is 15. The van der Waals surface area contributed by atoms with E-state index in [4.69, 9.17) is 42.6 Å². The van der Waals surface area contributed by atoms with Gasteiger partial charge in [0.05, 0.1) is 33.0 Å². The molecule has 5 fully saturated rings. The molecule has 62 heavy (non-hydrogen) atoms. The number of carbonyl (C=O) groups is 2. The molecule has 25 atom stereocenters. The molecule has 5 saturated heterocycles. The standard InChI is InChI=1S/C34H58N2O26/c1-8(42)35-15-26(59-33-23(50)22(49)17(44)10(3-37)57-33)18(45)12(5-39)56-32(15)62-29-21(48)14(7-41)58-34(25(29)52)60-27-16(36-9(2)43)31(55-13(6-40)19(27)46)61-28-20(47)11(4-38)54-30(53)24(28)51/h10-34,37-41,44-53H,3-7H2,1-2H3,(H,35,42)(H,36,43)/t10-,11-,12-,13-,14-,15-,16-,17+,18-,19-,20+,21+,22+,23-,24-,25-,26-,27-,28+,29+,30-,31+,32+,33+,34+/m1/s1. The maximum absolute atomic E-state index is 12.5. The minimum absolute atomic E-state index is 0.814. The zero-order valence-electron chi connectivity index (χ0n) is 33.2. The molecule has 0 radical (unpaired) electrons. The molecule has 360 valence electrons. The van der Waals surface area contributed by atoms with Gasteiger partial charge < -0.3 is 130 Å². The molecule has 17 N–H and O–H groups in total. The summed E-state index contributed by atoms with van der Waals surface area (Å²) >= 11 is 0. The molecule has 0 bridgehead atoms. The van der Waals surface area contributed by atoms with Gasteiger partial charge in [-0.15, -0.1) is 0 Å². The zero-order valence-corrected chi connectivity index (χ0v) is 33.2. The number of ether oxygens (including phenoxy) is 9. The van der Waals surface area contributed by atoms with Gasteiger partial charge in [0.15, 0.2) is 31.5 Å². The van der Waals surface area contributed by atoms with Crippen molar-refractivity contribution >= 4 is 11.8 Å². The van der Waals surface area contributed by atoms with E-state index in [0.29, 0.717) is 0 Å². The van der Waals surface area contributed by atoms with Crippen LogP contribution in [0.4, 0.5) is 0 Å². The van der Waals surface area contributed by atoms with Gasteiger partial charge in [-0.1, -0.05) is 0 Å². The summed E-state index contributed by atoms with van der Waals surface area (Å²) in [6.45, 7) is -2.59. The van der Waals surface area contributed by atoms with E-state index in [1.165, 1.54) is 0 Å². The van der Waals surface area contributed by atoms with Crippen molar-refractivity contribution in [1.82, 2.24) is 10.6 Å². The highest BCUT2D eigenvalue weighted by Gasteiger charge is 2.57. The third kappa shape index (κ3) is 10.8. The number of carbonyl (C=O) groups excluding carboxylic acids is 2. The molecule has 5 aliphatic heterocycles. The van der Waals surface area contributed by atoms with Gasteiger partial charge in [0, 0.05) is 13.8 Å². The van der Waals surface area contributed by atoms with Crippen molar-refractivity contribution in [3.8, 4) is 0 Å². The molecular weight excluding hydrogens is 852 g/mol. The molecule has 2 amide bonds. The van der Waals surface area contributed by atoms with E-state index in [1.54, 1.807) is 0 Å². The van der Waals surface area contributed by atoms with E-state index in [1.807, 2.05) is 0 Å². The molecule has 5 heterocycles. The Hall–Kier alpha value is -2.02. The second-order valence-electron chi connectivity index (χ2n) is 15.4. The molecule has 0 aliphatic carbocycles. The number of aliphatic hydroxyl groups is 15. The van der Waals surface area contributed by atoms with Crippen molar-refractivity contribution < 1.29 is 129 Å². The molecule has 0 aromatic heterocycles. The Labute approximate surface area is 351 Å². The van der Waals surface area contributed by atoms with Gasteiger partial charge >= 0.3 is 0 Å². The monoisotopic (exact) mass is 910 g/mol. The zero-order chi connectivity index (χ0) is 45.9. The van der Waals surface area contributed by atoms with E-state index in [0.717, 1.165) is 13.8 Å². The van der Waals surface area contributed by atoms with Crippen LogP contribution in [0.3, 0.4) is 0 Å². The lowest BCUT2D eigenvalue weighted by atomic mass is 9.93. The van der Waals surface area contributed by atoms with Crippen molar-refractivity contribution in [2.75, 3.05) is 33.0 Å². The molecule has 0 aromatic rings. The maximum Gasteiger partial charge on any atom is 0.217 e. The average Bonchev–Trinajstić information content (AvgIpc) is 3.23. The molecule has 0 unspecified atom stereocenters. The largest absolute Gasteiger partial charge is 0.394 e. The fraction of sp³-hybridized carbons (Fsp3) is 0.941. The number of hydrogen-bond donors (Lipinski definition) is 17. The van der Waals surface area contributed by atoms with Crippen molar-refractivity contribution in [2.24, 2.45) is 0 Å². The van der Waals surface area contributed by atoms with Gasteiger partial charge in [0.2, 0.25) is 11.8 Å². The van der Waals surface area contributed by atoms with Crippen LogP contribution in [0.5, 0.6) is 0 Å². The lowest BCUT2D eigenvalue weighted by Gasteiger charge is -2.51. The third-order valence-electron chi connectivity index (χ3n) is 11.1. The van der Waals surface area contributed by atoms with Gasteiger partial charge in [-0.3, -0.25) is 9.59 Å². The van der Waals surface area contributed by atoms with Crippen molar-refractivity contribution in [3.05, 3.63) is 0 Å². The van der Waals surface area contributed by atoms with Gasteiger partial charge in [0.25, 0.3) is 0 Å². The summed E-state index contributed by atoms with van der Waals surface area (Å²) in [6.07, 6.45) is -42.7. The molecule has 0 spiro atoms. The first-order chi connectivity index (χ1) is 29.3. The predicted octanol–water partition coefficient (Wildman–Crippen LogP) is -11.6. The summed E-state index contributed by atoms with van der Waals surface area (Å²) < 4.78 is 50.9. The summed E-state index contributed by atoms with van der Waals surface area (Å²) in [7, 11) is 0. The van der Waals surface area contributed by atoms with Gasteiger partial charge in [-0.05, 0) is 0 Å². The van der Waals surface area contributed by atoms with E-state index in [2.05, 4.69) is 10.6 Å². The molecule has 28 heteroatoms. The Kier molecular flexibility index (Phi) is 18.1.